The quantitative estimate of drug-likeness (QED) is 0.883. The van der Waals surface area contributed by atoms with E-state index in [1.807, 2.05) is 32.0 Å². The van der Waals surface area contributed by atoms with Gasteiger partial charge in [0.1, 0.15) is 17.5 Å². The molecule has 0 radical (unpaired) electrons. The van der Waals surface area contributed by atoms with E-state index in [2.05, 4.69) is 48.7 Å². The fraction of sp³-hybridized carbons (Fsp3) is 0.286. The molecule has 0 saturated heterocycles. The van der Waals surface area contributed by atoms with Gasteiger partial charge in [-0.3, -0.25) is 0 Å². The van der Waals surface area contributed by atoms with Gasteiger partial charge in [-0.2, -0.15) is 0 Å². The largest absolute Gasteiger partial charge is 0.370 e. The summed E-state index contributed by atoms with van der Waals surface area (Å²) in [5.41, 5.74) is 1.20. The van der Waals surface area contributed by atoms with Crippen molar-refractivity contribution in [3.05, 3.63) is 46.2 Å². The van der Waals surface area contributed by atoms with Gasteiger partial charge in [-0.25, -0.2) is 9.97 Å². The Morgan fingerprint density at radius 3 is 2.53 bits per heavy atom. The van der Waals surface area contributed by atoms with Gasteiger partial charge >= 0.3 is 0 Å². The number of nitrogens with one attached hydrogen (secondary N) is 2. The van der Waals surface area contributed by atoms with Crippen molar-refractivity contribution < 1.29 is 0 Å². The molecule has 0 fully saturated rings. The number of anilines is 2. The monoisotopic (exact) mass is 320 g/mol. The molecular weight excluding hydrogens is 304 g/mol. The summed E-state index contributed by atoms with van der Waals surface area (Å²) >= 11 is 3.47. The van der Waals surface area contributed by atoms with E-state index in [1.54, 1.807) is 0 Å². The van der Waals surface area contributed by atoms with E-state index in [0.29, 0.717) is 0 Å². The van der Waals surface area contributed by atoms with E-state index >= 15 is 0 Å². The molecule has 1 aromatic carbocycles. The molecule has 5 heteroatoms. The number of nitrogens with zero attached hydrogens (tertiary/aromatic N) is 2. The molecule has 0 aliphatic heterocycles. The molecule has 0 amide bonds. The van der Waals surface area contributed by atoms with Crippen molar-refractivity contribution in [2.24, 2.45) is 0 Å². The Labute approximate surface area is 121 Å². The minimum atomic E-state index is 0.738. The molecule has 0 bridgehead atoms. The fourth-order valence-corrected chi connectivity index (χ4v) is 2.22. The number of aromatic nitrogens is 2. The molecule has 100 valence electrons. The Bertz CT molecular complexity index is 557. The summed E-state index contributed by atoms with van der Waals surface area (Å²) in [6.07, 6.45) is 0. The molecule has 0 aliphatic rings. The van der Waals surface area contributed by atoms with Crippen LogP contribution in [0.1, 0.15) is 18.3 Å². The summed E-state index contributed by atoms with van der Waals surface area (Å²) in [5.74, 6) is 2.45. The maximum Gasteiger partial charge on any atom is 0.132 e. The zero-order valence-corrected chi connectivity index (χ0v) is 12.7. The van der Waals surface area contributed by atoms with Crippen LogP contribution in [0.3, 0.4) is 0 Å². The fourth-order valence-electron chi connectivity index (χ4n) is 1.77. The third-order valence-electron chi connectivity index (χ3n) is 2.56. The topological polar surface area (TPSA) is 49.8 Å². The van der Waals surface area contributed by atoms with Gasteiger partial charge in [0.05, 0.1) is 0 Å². The third kappa shape index (κ3) is 4.21. The SMILES string of the molecule is CCNc1cc(NCc2cccc(Br)c2)nc(C)n1. The van der Waals surface area contributed by atoms with Crippen molar-refractivity contribution >= 4 is 27.6 Å². The normalized spacial score (nSPS) is 10.3. The Hall–Kier alpha value is -1.62. The van der Waals surface area contributed by atoms with Crippen molar-refractivity contribution in [1.29, 1.82) is 0 Å². The van der Waals surface area contributed by atoms with Crippen LogP contribution in [0.2, 0.25) is 0 Å². The molecule has 4 nitrogen and oxygen atoms in total. The smallest absolute Gasteiger partial charge is 0.132 e. The van der Waals surface area contributed by atoms with Crippen LogP contribution in [0, 0.1) is 6.92 Å². The van der Waals surface area contributed by atoms with Crippen LogP contribution in [0.4, 0.5) is 11.6 Å². The maximum absolute atomic E-state index is 4.38. The predicted octanol–water partition coefficient (Wildman–Crippen LogP) is 3.59. The lowest BCUT2D eigenvalue weighted by atomic mass is 10.2. The second-order valence-electron chi connectivity index (χ2n) is 4.20. The van der Waals surface area contributed by atoms with Crippen molar-refractivity contribution in [3.8, 4) is 0 Å². The number of benzene rings is 1. The summed E-state index contributed by atoms with van der Waals surface area (Å²) < 4.78 is 1.08. The van der Waals surface area contributed by atoms with Gasteiger partial charge in [0, 0.05) is 23.6 Å². The molecule has 2 N–H and O–H groups in total. The molecule has 1 heterocycles. The summed E-state index contributed by atoms with van der Waals surface area (Å²) in [6, 6.07) is 10.1. The van der Waals surface area contributed by atoms with E-state index in [1.165, 1.54) is 5.56 Å². The Balaban J connectivity index is 2.06. The van der Waals surface area contributed by atoms with Crippen LogP contribution in [-0.4, -0.2) is 16.5 Å². The molecular formula is C14H17BrN4. The van der Waals surface area contributed by atoms with Gasteiger partial charge in [-0.05, 0) is 31.5 Å². The number of halogens is 1. The van der Waals surface area contributed by atoms with E-state index in [9.17, 15) is 0 Å². The molecule has 2 aromatic rings. The first kappa shape index (κ1) is 13.8. The average Bonchev–Trinajstić information content (AvgIpc) is 2.36. The van der Waals surface area contributed by atoms with Crippen LogP contribution < -0.4 is 10.6 Å². The first-order chi connectivity index (χ1) is 9.17. The van der Waals surface area contributed by atoms with Gasteiger partial charge in [0.15, 0.2) is 0 Å². The summed E-state index contributed by atoms with van der Waals surface area (Å²) in [7, 11) is 0. The van der Waals surface area contributed by atoms with Gasteiger partial charge in [0.25, 0.3) is 0 Å². The van der Waals surface area contributed by atoms with Gasteiger partial charge < -0.3 is 10.6 Å². The molecule has 19 heavy (non-hydrogen) atoms. The zero-order chi connectivity index (χ0) is 13.7. The number of hydrogen-bond acceptors (Lipinski definition) is 4. The predicted molar refractivity (Wildman–Crippen MR) is 82.4 cm³/mol. The summed E-state index contributed by atoms with van der Waals surface area (Å²) in [5, 5.41) is 6.51. The minimum absolute atomic E-state index is 0.738. The highest BCUT2D eigenvalue weighted by molar-refractivity contribution is 9.10. The highest BCUT2D eigenvalue weighted by Crippen LogP contribution is 2.15. The van der Waals surface area contributed by atoms with E-state index in [4.69, 9.17) is 0 Å². The Kier molecular flexibility index (Phi) is 4.74. The summed E-state index contributed by atoms with van der Waals surface area (Å²) in [4.78, 5) is 8.70. The first-order valence-corrected chi connectivity index (χ1v) is 7.04. The summed E-state index contributed by atoms with van der Waals surface area (Å²) in [6.45, 7) is 5.53. The van der Waals surface area contributed by atoms with Crippen LogP contribution in [-0.2, 0) is 6.54 Å². The third-order valence-corrected chi connectivity index (χ3v) is 3.05. The van der Waals surface area contributed by atoms with Gasteiger partial charge in [0.2, 0.25) is 0 Å². The van der Waals surface area contributed by atoms with Gasteiger partial charge in [-0.1, -0.05) is 28.1 Å². The zero-order valence-electron chi connectivity index (χ0n) is 11.1. The molecule has 0 unspecified atom stereocenters. The van der Waals surface area contributed by atoms with Crippen molar-refractivity contribution in [1.82, 2.24) is 9.97 Å². The highest BCUT2D eigenvalue weighted by atomic mass is 79.9. The van der Waals surface area contributed by atoms with Crippen molar-refractivity contribution in [2.45, 2.75) is 20.4 Å². The average molecular weight is 321 g/mol. The van der Waals surface area contributed by atoms with E-state index < -0.39 is 0 Å². The van der Waals surface area contributed by atoms with E-state index in [0.717, 1.165) is 35.0 Å². The second kappa shape index (κ2) is 6.52. The standard InChI is InChI=1S/C14H17BrN4/c1-3-16-13-8-14(19-10(2)18-13)17-9-11-5-4-6-12(15)7-11/h4-8H,3,9H2,1-2H3,(H2,16,17,18,19). The highest BCUT2D eigenvalue weighted by Gasteiger charge is 2.01. The van der Waals surface area contributed by atoms with Gasteiger partial charge in [-0.15, -0.1) is 0 Å². The number of aryl methyl sites for hydroxylation is 1. The van der Waals surface area contributed by atoms with Crippen molar-refractivity contribution in [3.63, 3.8) is 0 Å². The maximum atomic E-state index is 4.38. The molecule has 0 atom stereocenters. The van der Waals surface area contributed by atoms with E-state index in [-0.39, 0.29) is 0 Å². The van der Waals surface area contributed by atoms with Crippen LogP contribution in [0.15, 0.2) is 34.8 Å². The number of hydrogen-bond donors (Lipinski definition) is 2. The van der Waals surface area contributed by atoms with Crippen LogP contribution >= 0.6 is 15.9 Å². The lowest BCUT2D eigenvalue weighted by molar-refractivity contribution is 1.01. The number of rotatable bonds is 5. The Morgan fingerprint density at radius 1 is 1.11 bits per heavy atom. The first-order valence-electron chi connectivity index (χ1n) is 6.25. The molecule has 0 aliphatic carbocycles. The van der Waals surface area contributed by atoms with Crippen molar-refractivity contribution in [2.75, 3.05) is 17.2 Å². The molecule has 1 aromatic heterocycles. The molecule has 0 saturated carbocycles. The van der Waals surface area contributed by atoms with Crippen LogP contribution in [0.5, 0.6) is 0 Å². The molecule has 2 rings (SSSR count). The second-order valence-corrected chi connectivity index (χ2v) is 5.12. The minimum Gasteiger partial charge on any atom is -0.370 e. The Morgan fingerprint density at radius 2 is 1.84 bits per heavy atom. The molecule has 0 spiro atoms. The van der Waals surface area contributed by atoms with Crippen LogP contribution in [0.25, 0.3) is 0 Å². The lowest BCUT2D eigenvalue weighted by Gasteiger charge is -2.09. The lowest BCUT2D eigenvalue weighted by Crippen LogP contribution is -2.06.